The molecule has 1 aromatic heterocycles. The molecule has 0 amide bonds. The summed E-state index contributed by atoms with van der Waals surface area (Å²) in [6.45, 7) is 0. The molecule has 0 saturated heterocycles. The number of hydrogen-bond donors (Lipinski definition) is 1. The highest BCUT2D eigenvalue weighted by Gasteiger charge is 2.32. The zero-order valence-corrected chi connectivity index (χ0v) is 10.2. The first-order valence-corrected chi connectivity index (χ1v) is 6.79. The Morgan fingerprint density at radius 3 is 2.94 bits per heavy atom. The van der Waals surface area contributed by atoms with E-state index >= 15 is 0 Å². The highest BCUT2D eigenvalue weighted by Crippen LogP contribution is 2.43. The fourth-order valence-corrected chi connectivity index (χ4v) is 3.81. The Labute approximate surface area is 105 Å². The molecule has 0 bridgehead atoms. The fourth-order valence-electron chi connectivity index (χ4n) is 1.87. The van der Waals surface area contributed by atoms with Crippen molar-refractivity contribution in [3.8, 4) is 0 Å². The molecule has 0 radical (unpaired) electrons. The van der Waals surface area contributed by atoms with Crippen LogP contribution in [0.5, 0.6) is 0 Å². The van der Waals surface area contributed by atoms with Crippen LogP contribution in [-0.2, 0) is 0 Å². The third kappa shape index (κ3) is 1.65. The lowest BCUT2D eigenvalue weighted by Gasteiger charge is -2.20. The van der Waals surface area contributed by atoms with Crippen LogP contribution in [0, 0.1) is 0 Å². The van der Waals surface area contributed by atoms with Gasteiger partial charge in [0, 0.05) is 16.7 Å². The monoisotopic (exact) mass is 270 g/mol. The van der Waals surface area contributed by atoms with Crippen molar-refractivity contribution >= 4 is 28.9 Å². The van der Waals surface area contributed by atoms with E-state index in [4.69, 9.17) is 0 Å². The molecular weight excluding hydrogens is 262 g/mol. The van der Waals surface area contributed by atoms with Crippen LogP contribution in [0.1, 0.15) is 5.56 Å². The zero-order valence-electron chi connectivity index (χ0n) is 8.56. The third-order valence-electron chi connectivity index (χ3n) is 2.77. The Balaban J connectivity index is 2.21. The molecule has 2 aliphatic rings. The summed E-state index contributed by atoms with van der Waals surface area (Å²) in [4.78, 5) is 0. The molecule has 3 rings (SSSR count). The van der Waals surface area contributed by atoms with Crippen molar-refractivity contribution in [3.63, 3.8) is 0 Å². The summed E-state index contributed by atoms with van der Waals surface area (Å²) in [7, 11) is 0. The van der Waals surface area contributed by atoms with E-state index in [9.17, 15) is 13.9 Å². The van der Waals surface area contributed by atoms with Gasteiger partial charge in [0.2, 0.25) is 0 Å². The van der Waals surface area contributed by atoms with Crippen LogP contribution >= 0.6 is 23.1 Å². The standard InChI is InChI=1S/C12H8F2OS2/c13-9-2-1-6-8(10(9)14)5-17-12-7(11(6)15)3-4-16-12/h1-5,9-10,15H. The summed E-state index contributed by atoms with van der Waals surface area (Å²) >= 11 is 2.80. The van der Waals surface area contributed by atoms with Crippen LogP contribution in [0.2, 0.25) is 0 Å². The first-order chi connectivity index (χ1) is 8.18. The van der Waals surface area contributed by atoms with E-state index < -0.39 is 12.3 Å². The Morgan fingerprint density at radius 2 is 2.12 bits per heavy atom. The van der Waals surface area contributed by atoms with Gasteiger partial charge in [-0.25, -0.2) is 8.78 Å². The average Bonchev–Trinajstić information content (AvgIpc) is 2.74. The van der Waals surface area contributed by atoms with E-state index in [0.29, 0.717) is 11.1 Å². The second-order valence-corrected chi connectivity index (χ2v) is 5.83. The van der Waals surface area contributed by atoms with Gasteiger partial charge in [-0.1, -0.05) is 17.8 Å². The minimum Gasteiger partial charge on any atom is -0.507 e. The highest BCUT2D eigenvalue weighted by molar-refractivity contribution is 8.04. The van der Waals surface area contributed by atoms with E-state index in [1.54, 1.807) is 11.5 Å². The lowest BCUT2D eigenvalue weighted by Crippen LogP contribution is -2.22. The molecule has 1 aromatic rings. The SMILES string of the molecule is OC1=C2C=CC(F)C(F)C2=CSc2sccc21. The van der Waals surface area contributed by atoms with Crippen LogP contribution in [-0.4, -0.2) is 17.4 Å². The van der Waals surface area contributed by atoms with E-state index in [2.05, 4.69) is 0 Å². The number of fused-ring (bicyclic) bond motifs is 2. The molecule has 0 fully saturated rings. The van der Waals surface area contributed by atoms with Crippen molar-refractivity contribution in [2.75, 3.05) is 0 Å². The van der Waals surface area contributed by atoms with Crippen LogP contribution < -0.4 is 0 Å². The second kappa shape index (κ2) is 3.99. The summed E-state index contributed by atoms with van der Waals surface area (Å²) in [5.41, 5.74) is 1.30. The van der Waals surface area contributed by atoms with Gasteiger partial charge in [-0.15, -0.1) is 11.3 Å². The van der Waals surface area contributed by atoms with Crippen molar-refractivity contribution in [2.45, 2.75) is 16.6 Å². The van der Waals surface area contributed by atoms with Crippen LogP contribution in [0.15, 0.2) is 44.4 Å². The Bertz CT molecular complexity index is 557. The van der Waals surface area contributed by atoms with Gasteiger partial charge in [0.05, 0.1) is 4.21 Å². The van der Waals surface area contributed by atoms with Gasteiger partial charge in [0.15, 0.2) is 12.3 Å². The molecular formula is C12H8F2OS2. The summed E-state index contributed by atoms with van der Waals surface area (Å²) in [5, 5.41) is 13.6. The quantitative estimate of drug-likeness (QED) is 0.760. The molecule has 88 valence electrons. The first-order valence-electron chi connectivity index (χ1n) is 5.03. The molecule has 1 N–H and O–H groups in total. The largest absolute Gasteiger partial charge is 0.507 e. The summed E-state index contributed by atoms with van der Waals surface area (Å²) < 4.78 is 27.9. The predicted molar refractivity (Wildman–Crippen MR) is 66.7 cm³/mol. The lowest BCUT2D eigenvalue weighted by molar-refractivity contribution is 0.235. The number of thiophene rings is 1. The number of thioether (sulfide) groups is 1. The highest BCUT2D eigenvalue weighted by atomic mass is 32.2. The summed E-state index contributed by atoms with van der Waals surface area (Å²) in [6.07, 6.45) is -0.724. The van der Waals surface area contributed by atoms with Crippen LogP contribution in [0.25, 0.3) is 5.76 Å². The molecule has 1 aliphatic carbocycles. The molecule has 0 saturated carbocycles. The summed E-state index contributed by atoms with van der Waals surface area (Å²) in [5.74, 6) is 0.0308. The van der Waals surface area contributed by atoms with Gasteiger partial charge in [0.25, 0.3) is 0 Å². The van der Waals surface area contributed by atoms with E-state index in [0.717, 1.165) is 10.3 Å². The van der Waals surface area contributed by atoms with E-state index in [-0.39, 0.29) is 11.3 Å². The number of alkyl halides is 2. The van der Waals surface area contributed by atoms with Gasteiger partial charge in [-0.3, -0.25) is 0 Å². The number of aliphatic hydroxyl groups is 1. The molecule has 2 atom stereocenters. The van der Waals surface area contributed by atoms with Gasteiger partial charge in [0.1, 0.15) is 5.76 Å². The van der Waals surface area contributed by atoms with Gasteiger partial charge in [-0.05, 0) is 22.9 Å². The van der Waals surface area contributed by atoms with E-state index in [1.165, 1.54) is 29.2 Å². The Kier molecular flexibility index (Phi) is 2.60. The van der Waals surface area contributed by atoms with Crippen molar-refractivity contribution in [2.24, 2.45) is 0 Å². The number of allylic oxidation sites excluding steroid dienone is 4. The molecule has 0 aromatic carbocycles. The third-order valence-corrected chi connectivity index (χ3v) is 4.86. The van der Waals surface area contributed by atoms with Crippen molar-refractivity contribution < 1.29 is 13.9 Å². The number of hydrogen-bond acceptors (Lipinski definition) is 3. The molecule has 2 heterocycles. The van der Waals surface area contributed by atoms with Crippen LogP contribution in [0.4, 0.5) is 8.78 Å². The fraction of sp³-hybridized carbons (Fsp3) is 0.167. The van der Waals surface area contributed by atoms with Gasteiger partial charge in [-0.2, -0.15) is 0 Å². The van der Waals surface area contributed by atoms with Crippen molar-refractivity contribution in [1.82, 2.24) is 0 Å². The maximum absolute atomic E-state index is 13.7. The molecule has 1 nitrogen and oxygen atoms in total. The maximum Gasteiger partial charge on any atom is 0.161 e. The van der Waals surface area contributed by atoms with Crippen molar-refractivity contribution in [3.05, 3.63) is 45.7 Å². The number of halogens is 2. The predicted octanol–water partition coefficient (Wildman–Crippen LogP) is 4.25. The molecule has 1 aliphatic heterocycles. The Morgan fingerprint density at radius 1 is 1.29 bits per heavy atom. The molecule has 2 unspecified atom stereocenters. The normalized spacial score (nSPS) is 27.3. The maximum atomic E-state index is 13.7. The zero-order chi connectivity index (χ0) is 12.0. The van der Waals surface area contributed by atoms with Gasteiger partial charge < -0.3 is 5.11 Å². The molecule has 0 spiro atoms. The number of rotatable bonds is 0. The van der Waals surface area contributed by atoms with Gasteiger partial charge >= 0.3 is 0 Å². The second-order valence-electron chi connectivity index (χ2n) is 3.78. The molecule has 17 heavy (non-hydrogen) atoms. The van der Waals surface area contributed by atoms with Crippen LogP contribution in [0.3, 0.4) is 0 Å². The average molecular weight is 270 g/mol. The topological polar surface area (TPSA) is 20.2 Å². The minimum absolute atomic E-state index is 0.0308. The smallest absolute Gasteiger partial charge is 0.161 e. The van der Waals surface area contributed by atoms with Crippen molar-refractivity contribution in [1.29, 1.82) is 0 Å². The summed E-state index contributed by atoms with van der Waals surface area (Å²) in [6, 6.07) is 1.79. The first kappa shape index (κ1) is 11.0. The molecule has 5 heteroatoms. The van der Waals surface area contributed by atoms with E-state index in [1.807, 2.05) is 5.38 Å². The lowest BCUT2D eigenvalue weighted by atomic mass is 9.92. The Hall–Kier alpha value is -1.07. The minimum atomic E-state index is -1.70. The number of aliphatic hydroxyl groups excluding tert-OH is 1.